The van der Waals surface area contributed by atoms with Crippen LogP contribution in [0, 0.1) is 0 Å². The number of morpholine rings is 1. The summed E-state index contributed by atoms with van der Waals surface area (Å²) in [6.45, 7) is 3.83. The van der Waals surface area contributed by atoms with Gasteiger partial charge in [0.2, 0.25) is 5.91 Å². The van der Waals surface area contributed by atoms with E-state index in [1.165, 1.54) is 0 Å². The van der Waals surface area contributed by atoms with E-state index in [4.69, 9.17) is 9.72 Å². The molecule has 132 valence electrons. The van der Waals surface area contributed by atoms with Crippen LogP contribution >= 0.6 is 0 Å². The maximum absolute atomic E-state index is 12.8. The molecule has 0 spiro atoms. The molecule has 1 aliphatic heterocycles. The summed E-state index contributed by atoms with van der Waals surface area (Å²) < 4.78 is 7.21. The molecule has 6 heteroatoms. The standard InChI is InChI=1S/C19H23N3O3/c1-13-12-25-11-10-21(13)18(23)9-8-17-20-16-5-3-2-4-15(16)19(24)22(17)14-6-7-14/h2-5,13-14H,6-12H2,1H3. The lowest BCUT2D eigenvalue weighted by Crippen LogP contribution is -2.47. The largest absolute Gasteiger partial charge is 0.377 e. The highest BCUT2D eigenvalue weighted by molar-refractivity contribution is 5.78. The van der Waals surface area contributed by atoms with Crippen LogP contribution < -0.4 is 5.56 Å². The Balaban J connectivity index is 1.59. The second kappa shape index (κ2) is 6.59. The van der Waals surface area contributed by atoms with E-state index in [1.807, 2.05) is 40.7 Å². The van der Waals surface area contributed by atoms with E-state index in [9.17, 15) is 9.59 Å². The van der Waals surface area contributed by atoms with Gasteiger partial charge in [0.05, 0.1) is 30.2 Å². The molecule has 1 atom stereocenters. The quantitative estimate of drug-likeness (QED) is 0.852. The van der Waals surface area contributed by atoms with E-state index < -0.39 is 0 Å². The van der Waals surface area contributed by atoms with Crippen LogP contribution in [0.25, 0.3) is 10.9 Å². The number of rotatable bonds is 4. The topological polar surface area (TPSA) is 64.4 Å². The Labute approximate surface area is 146 Å². The Hall–Kier alpha value is -2.21. The number of carbonyl (C=O) groups excluding carboxylic acids is 1. The minimum atomic E-state index is 0.0234. The van der Waals surface area contributed by atoms with Gasteiger partial charge in [-0.25, -0.2) is 4.98 Å². The first-order valence-electron chi connectivity index (χ1n) is 9.02. The molecule has 2 heterocycles. The summed E-state index contributed by atoms with van der Waals surface area (Å²) >= 11 is 0. The maximum Gasteiger partial charge on any atom is 0.261 e. The van der Waals surface area contributed by atoms with E-state index in [-0.39, 0.29) is 23.6 Å². The molecule has 1 aromatic heterocycles. The van der Waals surface area contributed by atoms with Gasteiger partial charge in [-0.05, 0) is 31.9 Å². The van der Waals surface area contributed by atoms with Gasteiger partial charge in [-0.3, -0.25) is 14.2 Å². The number of aryl methyl sites for hydroxylation is 1. The third kappa shape index (κ3) is 3.18. The Morgan fingerprint density at radius 2 is 2.12 bits per heavy atom. The fourth-order valence-electron chi connectivity index (χ4n) is 3.54. The summed E-state index contributed by atoms with van der Waals surface area (Å²) in [6.07, 6.45) is 2.91. The van der Waals surface area contributed by atoms with Gasteiger partial charge in [-0.1, -0.05) is 12.1 Å². The van der Waals surface area contributed by atoms with Crippen molar-refractivity contribution in [1.29, 1.82) is 0 Å². The Morgan fingerprint density at radius 3 is 2.88 bits per heavy atom. The van der Waals surface area contributed by atoms with Crippen molar-refractivity contribution in [2.45, 2.75) is 44.7 Å². The number of carbonyl (C=O) groups is 1. The number of amides is 1. The Kier molecular flexibility index (Phi) is 4.29. The van der Waals surface area contributed by atoms with Crippen LogP contribution in [0.1, 0.15) is 38.1 Å². The predicted molar refractivity (Wildman–Crippen MR) is 94.6 cm³/mol. The van der Waals surface area contributed by atoms with E-state index in [1.54, 1.807) is 0 Å². The van der Waals surface area contributed by atoms with Crippen molar-refractivity contribution in [2.24, 2.45) is 0 Å². The normalized spacial score (nSPS) is 20.8. The molecule has 1 aromatic carbocycles. The number of nitrogens with zero attached hydrogens (tertiary/aromatic N) is 3. The smallest absolute Gasteiger partial charge is 0.261 e. The van der Waals surface area contributed by atoms with Crippen LogP contribution in [0.2, 0.25) is 0 Å². The highest BCUT2D eigenvalue weighted by Gasteiger charge is 2.29. The fourth-order valence-corrected chi connectivity index (χ4v) is 3.54. The summed E-state index contributed by atoms with van der Waals surface area (Å²) in [7, 11) is 0. The number of hydrogen-bond acceptors (Lipinski definition) is 4. The van der Waals surface area contributed by atoms with Crippen LogP contribution in [-0.2, 0) is 16.0 Å². The number of para-hydroxylation sites is 1. The van der Waals surface area contributed by atoms with Crippen molar-refractivity contribution >= 4 is 16.8 Å². The van der Waals surface area contributed by atoms with Gasteiger partial charge in [-0.2, -0.15) is 0 Å². The van der Waals surface area contributed by atoms with Gasteiger partial charge < -0.3 is 9.64 Å². The van der Waals surface area contributed by atoms with E-state index in [2.05, 4.69) is 0 Å². The van der Waals surface area contributed by atoms with Crippen molar-refractivity contribution in [3.05, 3.63) is 40.4 Å². The number of aromatic nitrogens is 2. The molecule has 1 saturated heterocycles. The number of fused-ring (bicyclic) bond motifs is 1. The molecule has 0 bridgehead atoms. The second-order valence-corrected chi connectivity index (χ2v) is 6.96. The maximum atomic E-state index is 12.8. The number of ether oxygens (including phenoxy) is 1. The monoisotopic (exact) mass is 341 g/mol. The summed E-state index contributed by atoms with van der Waals surface area (Å²) in [4.78, 5) is 32.0. The van der Waals surface area contributed by atoms with Crippen LogP contribution in [0.4, 0.5) is 0 Å². The van der Waals surface area contributed by atoms with Crippen LogP contribution in [-0.4, -0.2) is 46.2 Å². The lowest BCUT2D eigenvalue weighted by Gasteiger charge is -2.33. The lowest BCUT2D eigenvalue weighted by atomic mass is 10.2. The molecular formula is C19H23N3O3. The highest BCUT2D eigenvalue weighted by Crippen LogP contribution is 2.35. The lowest BCUT2D eigenvalue weighted by molar-refractivity contribution is -0.139. The minimum Gasteiger partial charge on any atom is -0.377 e. The summed E-state index contributed by atoms with van der Waals surface area (Å²) in [5.41, 5.74) is 0.738. The van der Waals surface area contributed by atoms with Gasteiger partial charge >= 0.3 is 0 Å². The van der Waals surface area contributed by atoms with Gasteiger partial charge in [0.25, 0.3) is 5.56 Å². The SMILES string of the molecule is CC1COCCN1C(=O)CCc1nc2ccccc2c(=O)n1C1CC1. The zero-order chi connectivity index (χ0) is 17.4. The first-order valence-corrected chi connectivity index (χ1v) is 9.02. The average molecular weight is 341 g/mol. The molecule has 1 saturated carbocycles. The minimum absolute atomic E-state index is 0.0234. The van der Waals surface area contributed by atoms with Crippen LogP contribution in [0.5, 0.6) is 0 Å². The van der Waals surface area contributed by atoms with Crippen molar-refractivity contribution in [3.8, 4) is 0 Å². The zero-order valence-electron chi connectivity index (χ0n) is 14.5. The molecule has 0 N–H and O–H groups in total. The van der Waals surface area contributed by atoms with E-state index >= 15 is 0 Å². The highest BCUT2D eigenvalue weighted by atomic mass is 16.5. The molecule has 0 radical (unpaired) electrons. The molecule has 4 rings (SSSR count). The molecule has 6 nitrogen and oxygen atoms in total. The van der Waals surface area contributed by atoms with Crippen molar-refractivity contribution in [1.82, 2.24) is 14.5 Å². The molecule has 2 fully saturated rings. The average Bonchev–Trinajstić information content (AvgIpc) is 3.45. The van der Waals surface area contributed by atoms with Crippen LogP contribution in [0.3, 0.4) is 0 Å². The van der Waals surface area contributed by atoms with Crippen molar-refractivity contribution in [2.75, 3.05) is 19.8 Å². The van der Waals surface area contributed by atoms with Gasteiger partial charge in [-0.15, -0.1) is 0 Å². The second-order valence-electron chi connectivity index (χ2n) is 6.96. The molecule has 1 unspecified atom stereocenters. The summed E-state index contributed by atoms with van der Waals surface area (Å²) in [6, 6.07) is 7.80. The molecule has 1 amide bonds. The molecule has 1 aliphatic carbocycles. The van der Waals surface area contributed by atoms with Crippen LogP contribution in [0.15, 0.2) is 29.1 Å². The first kappa shape index (κ1) is 16.3. The molecule has 2 aliphatic rings. The van der Waals surface area contributed by atoms with E-state index in [0.717, 1.165) is 18.7 Å². The number of hydrogen-bond donors (Lipinski definition) is 0. The zero-order valence-corrected chi connectivity index (χ0v) is 14.5. The fraction of sp³-hybridized carbons (Fsp3) is 0.526. The Morgan fingerprint density at radius 1 is 1.32 bits per heavy atom. The third-order valence-corrected chi connectivity index (χ3v) is 5.04. The molecule has 25 heavy (non-hydrogen) atoms. The van der Waals surface area contributed by atoms with E-state index in [0.29, 0.717) is 43.5 Å². The van der Waals surface area contributed by atoms with Gasteiger partial charge in [0, 0.05) is 25.4 Å². The first-order chi connectivity index (χ1) is 12.1. The summed E-state index contributed by atoms with van der Waals surface area (Å²) in [5, 5.41) is 0.659. The number of benzene rings is 1. The molecule has 2 aromatic rings. The third-order valence-electron chi connectivity index (χ3n) is 5.04. The predicted octanol–water partition coefficient (Wildman–Crippen LogP) is 1.91. The van der Waals surface area contributed by atoms with Gasteiger partial charge in [0.15, 0.2) is 0 Å². The Bertz CT molecular complexity index is 857. The van der Waals surface area contributed by atoms with Crippen molar-refractivity contribution < 1.29 is 9.53 Å². The van der Waals surface area contributed by atoms with Gasteiger partial charge in [0.1, 0.15) is 5.82 Å². The molecular weight excluding hydrogens is 318 g/mol. The summed E-state index contributed by atoms with van der Waals surface area (Å²) in [5.74, 6) is 0.848. The van der Waals surface area contributed by atoms with Crippen molar-refractivity contribution in [3.63, 3.8) is 0 Å².